The first kappa shape index (κ1) is 12.5. The zero-order valence-corrected chi connectivity index (χ0v) is 10.3. The summed E-state index contributed by atoms with van der Waals surface area (Å²) in [7, 11) is 1.73. The highest BCUT2D eigenvalue weighted by molar-refractivity contribution is 5.76. The summed E-state index contributed by atoms with van der Waals surface area (Å²) < 4.78 is 1.04. The number of rotatable bonds is 2. The Kier molecular flexibility index (Phi) is 4.54. The molecule has 88 valence electrons. The normalized spacial score (nSPS) is 32.9. The van der Waals surface area contributed by atoms with E-state index in [2.05, 4.69) is 5.32 Å². The minimum Gasteiger partial charge on any atom is -0.354 e. The van der Waals surface area contributed by atoms with Crippen LogP contribution in [-0.4, -0.2) is 63.3 Å². The van der Waals surface area contributed by atoms with E-state index >= 15 is 0 Å². The van der Waals surface area contributed by atoms with Gasteiger partial charge in [-0.2, -0.15) is 0 Å². The van der Waals surface area contributed by atoms with Gasteiger partial charge in [0.15, 0.2) is 6.54 Å². The van der Waals surface area contributed by atoms with Gasteiger partial charge in [0.1, 0.15) is 39.3 Å². The summed E-state index contributed by atoms with van der Waals surface area (Å²) in [5.74, 6) is 0.199. The van der Waals surface area contributed by atoms with Gasteiger partial charge in [0.05, 0.1) is 0 Å². The van der Waals surface area contributed by atoms with Gasteiger partial charge in [-0.3, -0.25) is 4.79 Å². The summed E-state index contributed by atoms with van der Waals surface area (Å²) >= 11 is 0. The Labute approximate surface area is 92.8 Å². The van der Waals surface area contributed by atoms with E-state index in [1.54, 1.807) is 11.9 Å². The average Bonchev–Trinajstić information content (AvgIpc) is 2.33. The minimum absolute atomic E-state index is 0.199. The molecule has 15 heavy (non-hydrogen) atoms. The number of fused-ring (bicyclic) bond motifs is 3. The van der Waals surface area contributed by atoms with Crippen LogP contribution in [0.25, 0.3) is 0 Å². The lowest BCUT2D eigenvalue weighted by Gasteiger charge is -2.47. The van der Waals surface area contributed by atoms with Crippen molar-refractivity contribution in [2.24, 2.45) is 0 Å². The fourth-order valence-electron chi connectivity index (χ4n) is 2.52. The number of carbonyl (C=O) groups is 1. The summed E-state index contributed by atoms with van der Waals surface area (Å²) in [4.78, 5) is 13.1. The van der Waals surface area contributed by atoms with Gasteiger partial charge >= 0.3 is 0 Å². The van der Waals surface area contributed by atoms with Crippen molar-refractivity contribution in [3.8, 4) is 0 Å². The van der Waals surface area contributed by atoms with Gasteiger partial charge in [-0.05, 0) is 0 Å². The van der Waals surface area contributed by atoms with E-state index in [1.165, 1.54) is 39.3 Å². The Hall–Kier alpha value is -0.610. The van der Waals surface area contributed by atoms with Crippen LogP contribution in [0, 0.1) is 0 Å². The first-order valence-corrected chi connectivity index (χ1v) is 6.13. The zero-order chi connectivity index (χ0) is 11.3. The van der Waals surface area contributed by atoms with Crippen molar-refractivity contribution in [3.05, 3.63) is 0 Å². The number of nitrogens with one attached hydrogen (secondary N) is 2. The van der Waals surface area contributed by atoms with Crippen molar-refractivity contribution >= 4 is 5.91 Å². The Morgan fingerprint density at radius 3 is 2.07 bits per heavy atom. The molecule has 3 fully saturated rings. The third kappa shape index (κ3) is 2.92. The molecule has 2 bridgehead atoms. The molecule has 0 saturated carbocycles. The van der Waals surface area contributed by atoms with E-state index in [-0.39, 0.29) is 5.91 Å². The Balaban J connectivity index is 0.000000531. The van der Waals surface area contributed by atoms with Gasteiger partial charge in [0, 0.05) is 7.05 Å². The van der Waals surface area contributed by atoms with E-state index in [0.717, 1.165) is 4.48 Å². The van der Waals surface area contributed by atoms with Crippen LogP contribution >= 0.6 is 0 Å². The van der Waals surface area contributed by atoms with Crippen molar-refractivity contribution < 1.29 is 14.2 Å². The monoisotopic (exact) mass is 215 g/mol. The number of piperazine rings is 3. The molecule has 0 radical (unpaired) electrons. The summed E-state index contributed by atoms with van der Waals surface area (Å²) in [5, 5.41) is 2.73. The third-order valence-electron chi connectivity index (χ3n) is 3.58. The molecule has 3 heterocycles. The molecule has 3 saturated heterocycles. The Morgan fingerprint density at radius 2 is 1.67 bits per heavy atom. The molecule has 3 aliphatic rings. The van der Waals surface area contributed by atoms with E-state index in [1.807, 2.05) is 13.8 Å². The van der Waals surface area contributed by atoms with E-state index in [4.69, 9.17) is 0 Å². The van der Waals surface area contributed by atoms with Crippen LogP contribution in [-0.2, 0) is 4.79 Å². The summed E-state index contributed by atoms with van der Waals surface area (Å²) in [6.07, 6.45) is 0. The number of hydrogen-bond donors (Lipinski definition) is 2. The maximum absolute atomic E-state index is 11.3. The molecule has 0 unspecified atom stereocenters. The lowest BCUT2D eigenvalue weighted by atomic mass is 10.1. The fourth-order valence-corrected chi connectivity index (χ4v) is 2.52. The highest BCUT2D eigenvalue weighted by atomic mass is 16.2. The quantitative estimate of drug-likeness (QED) is 0.539. The smallest absolute Gasteiger partial charge is 0.275 e. The second-order valence-corrected chi connectivity index (χ2v) is 4.34. The molecule has 3 rings (SSSR count). The number of hydrogen-bond acceptors (Lipinski definition) is 1. The molecule has 4 nitrogen and oxygen atoms in total. The predicted molar refractivity (Wildman–Crippen MR) is 60.7 cm³/mol. The second-order valence-electron chi connectivity index (χ2n) is 4.34. The molecule has 4 heteroatoms. The molecular weight excluding hydrogens is 190 g/mol. The lowest BCUT2D eigenvalue weighted by Crippen LogP contribution is -3.19. The SMILES string of the molecule is CC.CNC(=O)C[N+]12CC[NH+](CC1)CC2. The highest BCUT2D eigenvalue weighted by Crippen LogP contribution is 2.09. The van der Waals surface area contributed by atoms with Crippen molar-refractivity contribution in [3.63, 3.8) is 0 Å². The maximum atomic E-state index is 11.3. The first-order valence-electron chi connectivity index (χ1n) is 6.13. The lowest BCUT2D eigenvalue weighted by molar-refractivity contribution is -1.07. The van der Waals surface area contributed by atoms with Gasteiger partial charge in [-0.25, -0.2) is 0 Å². The standard InChI is InChI=1S/C9H17N3O.C2H6/c1-10-9(13)8-12-5-2-11(3-6-12)4-7-12;1-2/h2-8H2,1H3;1-2H3/p+2. The van der Waals surface area contributed by atoms with Gasteiger partial charge < -0.3 is 14.7 Å². The van der Waals surface area contributed by atoms with Crippen molar-refractivity contribution in [2.45, 2.75) is 13.8 Å². The van der Waals surface area contributed by atoms with Crippen LogP contribution in [0.3, 0.4) is 0 Å². The summed E-state index contributed by atoms with van der Waals surface area (Å²) in [6, 6.07) is 0. The number of amides is 1. The fraction of sp³-hybridized carbons (Fsp3) is 0.909. The number of likely N-dealkylation sites (N-methyl/N-ethyl adjacent to an activating group) is 1. The topological polar surface area (TPSA) is 33.5 Å². The van der Waals surface area contributed by atoms with Crippen LogP contribution in [0.15, 0.2) is 0 Å². The summed E-state index contributed by atoms with van der Waals surface area (Å²) in [6.45, 7) is 12.1. The molecule has 0 aromatic heterocycles. The van der Waals surface area contributed by atoms with Crippen LogP contribution in [0.5, 0.6) is 0 Å². The molecule has 2 N–H and O–H groups in total. The van der Waals surface area contributed by atoms with E-state index in [9.17, 15) is 4.79 Å². The molecule has 0 spiro atoms. The van der Waals surface area contributed by atoms with Crippen LogP contribution < -0.4 is 10.2 Å². The van der Waals surface area contributed by atoms with Gasteiger partial charge in [-0.1, -0.05) is 13.8 Å². The molecule has 3 aliphatic heterocycles. The maximum Gasteiger partial charge on any atom is 0.275 e. The molecular formula is C11H25N3O+2. The number of quaternary nitrogens is 2. The van der Waals surface area contributed by atoms with Crippen LogP contribution in [0.1, 0.15) is 13.8 Å². The Morgan fingerprint density at radius 1 is 1.20 bits per heavy atom. The van der Waals surface area contributed by atoms with Gasteiger partial charge in [-0.15, -0.1) is 0 Å². The van der Waals surface area contributed by atoms with Crippen LogP contribution in [0.2, 0.25) is 0 Å². The highest BCUT2D eigenvalue weighted by Gasteiger charge is 2.42. The largest absolute Gasteiger partial charge is 0.354 e. The van der Waals surface area contributed by atoms with Gasteiger partial charge in [0.2, 0.25) is 0 Å². The predicted octanol–water partition coefficient (Wildman–Crippen LogP) is -1.51. The van der Waals surface area contributed by atoms with Crippen molar-refractivity contribution in [1.29, 1.82) is 0 Å². The second kappa shape index (κ2) is 5.47. The molecule has 0 aromatic rings. The zero-order valence-electron chi connectivity index (χ0n) is 10.3. The average molecular weight is 215 g/mol. The van der Waals surface area contributed by atoms with Gasteiger partial charge in [0.25, 0.3) is 5.91 Å². The third-order valence-corrected chi connectivity index (χ3v) is 3.58. The van der Waals surface area contributed by atoms with Crippen molar-refractivity contribution in [2.75, 3.05) is 52.9 Å². The van der Waals surface area contributed by atoms with E-state index < -0.39 is 0 Å². The number of carbonyl (C=O) groups excluding carboxylic acids is 1. The van der Waals surface area contributed by atoms with Crippen molar-refractivity contribution in [1.82, 2.24) is 5.32 Å². The molecule has 0 atom stereocenters. The molecule has 0 aromatic carbocycles. The summed E-state index contributed by atoms with van der Waals surface area (Å²) in [5.41, 5.74) is 0. The first-order chi connectivity index (χ1) is 7.24. The van der Waals surface area contributed by atoms with E-state index in [0.29, 0.717) is 6.54 Å². The molecule has 1 amide bonds. The molecule has 0 aliphatic carbocycles. The van der Waals surface area contributed by atoms with Crippen LogP contribution in [0.4, 0.5) is 0 Å². The Bertz CT molecular complexity index is 196. The minimum atomic E-state index is 0.199. The number of nitrogens with zero attached hydrogens (tertiary/aromatic N) is 1.